The molecule has 166 valence electrons. The van der Waals surface area contributed by atoms with Gasteiger partial charge in [-0.2, -0.15) is 4.98 Å². The fourth-order valence-electron chi connectivity index (χ4n) is 2.16. The van der Waals surface area contributed by atoms with Gasteiger partial charge >= 0.3 is 124 Å². The van der Waals surface area contributed by atoms with Gasteiger partial charge in [0.05, 0.1) is 14.4 Å². The predicted octanol–water partition coefficient (Wildman–Crippen LogP) is -16.6. The first kappa shape index (κ1) is 40.9. The van der Waals surface area contributed by atoms with Crippen molar-refractivity contribution in [2.24, 2.45) is 0 Å². The number of phosphoric acid groups is 2. The Labute approximate surface area is 280 Å². The smallest absolute Gasteiger partial charge is 0.790 e. The monoisotopic (exact) mass is 587 g/mol. The number of aliphatic hydroxyl groups is 2. The summed E-state index contributed by atoms with van der Waals surface area (Å²) in [5.41, 5.74) is 4.40. The van der Waals surface area contributed by atoms with E-state index in [0.29, 0.717) is 0 Å². The van der Waals surface area contributed by atoms with Crippen molar-refractivity contribution in [3.8, 4) is 0 Å². The van der Waals surface area contributed by atoms with Gasteiger partial charge in [0.25, 0.3) is 7.82 Å². The Morgan fingerprint density at radius 2 is 1.67 bits per heavy atom. The maximum Gasteiger partial charge on any atom is 1.00 e. The molecule has 4 N–H and O–H groups in total. The third-order valence-electron chi connectivity index (χ3n) is 3.26. The van der Waals surface area contributed by atoms with E-state index >= 15 is 0 Å². The van der Waals surface area contributed by atoms with Gasteiger partial charge in [-0.25, -0.2) is 4.79 Å². The van der Waals surface area contributed by atoms with Crippen LogP contribution in [0.15, 0.2) is 17.1 Å². The Hall–Kier alpha value is 3.39. The quantitative estimate of drug-likeness (QED) is 0.188. The molecular weight excluding hydrogens is 575 g/mol. The van der Waals surface area contributed by atoms with Crippen LogP contribution in [0.5, 0.6) is 0 Å². The Bertz CT molecular complexity index is 969. The second kappa shape index (κ2) is 16.5. The van der Waals surface area contributed by atoms with Crippen molar-refractivity contribution in [2.75, 3.05) is 12.3 Å². The summed E-state index contributed by atoms with van der Waals surface area (Å²) in [5.74, 6) is -0.117. The molecule has 1 aliphatic heterocycles. The topological polar surface area (TPSA) is 265 Å². The van der Waals surface area contributed by atoms with Crippen molar-refractivity contribution < 1.29 is 175 Å². The third kappa shape index (κ3) is 13.3. The fourth-order valence-corrected chi connectivity index (χ4v) is 5.95. The van der Waals surface area contributed by atoms with Crippen LogP contribution in [-0.4, -0.2) is 44.7 Å². The Morgan fingerprint density at radius 1 is 1.12 bits per heavy atom. The summed E-state index contributed by atoms with van der Waals surface area (Å²) in [6.45, 7) is -5.92. The summed E-state index contributed by atoms with van der Waals surface area (Å²) in [7, 11) is -12.0. The van der Waals surface area contributed by atoms with Crippen molar-refractivity contribution in [1.29, 1.82) is 0 Å². The third-order valence-corrected chi connectivity index (χ3v) is 7.84. The molecule has 6 atom stereocenters. The maximum absolute atomic E-state index is 11.8. The average molecular weight is 587 g/mol. The number of hydrogen-bond donors (Lipinski definition) is 3. The molecule has 0 radical (unpaired) electrons. The molecule has 2 heterocycles. The van der Waals surface area contributed by atoms with Crippen LogP contribution in [0, 0.1) is 0 Å². The van der Waals surface area contributed by atoms with Crippen LogP contribution < -0.4 is 149 Å². The number of rotatable bonds is 8. The number of aliphatic hydroxyl groups excluding tert-OH is 2. The Morgan fingerprint density at radius 3 is 2.15 bits per heavy atom. The van der Waals surface area contributed by atoms with Crippen molar-refractivity contribution in [3.63, 3.8) is 0 Å². The van der Waals surface area contributed by atoms with Gasteiger partial charge in [0.15, 0.2) is 6.23 Å². The molecule has 0 aliphatic carbocycles. The first-order valence-electron chi connectivity index (χ1n) is 7.18. The Balaban J connectivity index is -0.00000225. The molecule has 1 aromatic rings. The molecule has 2 rings (SSSR count). The molecule has 1 aliphatic rings. The standard InChI is InChI=1S/C9H16N3O13P3S.4Na/c10-5-1-2-12(9(15)11-5)8-7(14)6(13)4(23-8)3-22-28(21,29)25-27(19,20)24-26(16,17)18;;;;/h1-2,4,6-8,13-14H,3H2,(H,19,20)(H,21,29)(H2,10,11,15)(H2,16,17,18);;;;/q;4*+1/p-4/t4-,6-,7+,8-,28?;;;;/m1..../s1. The largest absolute Gasteiger partial charge is 1.00 e. The van der Waals surface area contributed by atoms with Crippen LogP contribution in [0.4, 0.5) is 5.82 Å². The number of nitrogens with zero attached hydrogens (tertiary/aromatic N) is 2. The molecule has 24 heteroatoms. The molecule has 33 heavy (non-hydrogen) atoms. The molecular formula is C9H12N3Na4O13P3S. The zero-order valence-corrected chi connectivity index (χ0v) is 29.3. The molecule has 16 nitrogen and oxygen atoms in total. The maximum atomic E-state index is 11.8. The van der Waals surface area contributed by atoms with E-state index in [2.05, 4.69) is 29.9 Å². The van der Waals surface area contributed by atoms with E-state index in [0.717, 1.165) is 10.8 Å². The molecule has 0 saturated carbocycles. The second-order valence-corrected chi connectivity index (χ2v) is 11.0. The zero-order valence-electron chi connectivity index (χ0n) is 17.8. The predicted molar refractivity (Wildman–Crippen MR) is 86.5 cm³/mol. The van der Waals surface area contributed by atoms with E-state index in [9.17, 15) is 43.7 Å². The fraction of sp³-hybridized carbons (Fsp3) is 0.556. The van der Waals surface area contributed by atoms with Gasteiger partial charge in [-0.15, -0.1) is 0 Å². The molecule has 0 spiro atoms. The van der Waals surface area contributed by atoms with E-state index in [1.165, 1.54) is 6.07 Å². The van der Waals surface area contributed by atoms with E-state index in [4.69, 9.17) is 10.5 Å². The number of nitrogens with two attached hydrogens (primary N) is 1. The molecule has 0 amide bonds. The van der Waals surface area contributed by atoms with Gasteiger partial charge in [0, 0.05) is 6.20 Å². The van der Waals surface area contributed by atoms with Gasteiger partial charge in [0.2, 0.25) is 0 Å². The van der Waals surface area contributed by atoms with Gasteiger partial charge in [-0.3, -0.25) is 17.8 Å². The number of hydrogen-bond acceptors (Lipinski definition) is 16. The van der Waals surface area contributed by atoms with Crippen molar-refractivity contribution in [2.45, 2.75) is 24.5 Å². The molecule has 1 fully saturated rings. The second-order valence-electron chi connectivity index (χ2n) is 5.39. The normalized spacial score (nSPS) is 25.8. The molecule has 0 aromatic carbocycles. The first-order chi connectivity index (χ1) is 13.1. The van der Waals surface area contributed by atoms with Crippen LogP contribution in [-0.2, 0) is 38.8 Å². The minimum Gasteiger partial charge on any atom is -0.790 e. The molecule has 2 unspecified atom stereocenters. The summed E-state index contributed by atoms with van der Waals surface area (Å²) >= 11 is 4.23. The minimum atomic E-state index is -6.05. The molecule has 0 bridgehead atoms. The zero-order chi connectivity index (χ0) is 22.2. The number of ether oxygens (including phenoxy) is 1. The molecule has 1 saturated heterocycles. The SMILES string of the molecule is Nc1ccn([C@@H]2O[C@H](COP([O-])(=S)OP(=O)([O-])OP(=O)([O-])[O-])[C@@H](O)[C@@H]2O)c(=O)n1.[Na+].[Na+].[Na+].[Na+]. The summed E-state index contributed by atoms with van der Waals surface area (Å²) in [4.78, 5) is 58.9. The average Bonchev–Trinajstić information content (AvgIpc) is 2.78. The van der Waals surface area contributed by atoms with Gasteiger partial charge in [0.1, 0.15) is 30.8 Å². The summed E-state index contributed by atoms with van der Waals surface area (Å²) in [5, 5.41) is 20.0. The minimum absolute atomic E-state index is 0. The summed E-state index contributed by atoms with van der Waals surface area (Å²) < 4.78 is 38.8. The van der Waals surface area contributed by atoms with Crippen LogP contribution in [0.25, 0.3) is 0 Å². The summed E-state index contributed by atoms with van der Waals surface area (Å²) in [6, 6.07) is 1.20. The summed E-state index contributed by atoms with van der Waals surface area (Å²) in [6.07, 6.45) is -5.26. The van der Waals surface area contributed by atoms with Gasteiger partial charge in [-0.05, 0) is 6.07 Å². The number of nitrogen functional groups attached to an aromatic ring is 1. The van der Waals surface area contributed by atoms with Crippen LogP contribution in [0.2, 0.25) is 0 Å². The first-order valence-corrected chi connectivity index (χ1v) is 12.7. The van der Waals surface area contributed by atoms with Crippen molar-refractivity contribution in [3.05, 3.63) is 22.7 Å². The van der Waals surface area contributed by atoms with E-state index in [1.54, 1.807) is 0 Å². The van der Waals surface area contributed by atoms with Crippen LogP contribution in [0.1, 0.15) is 6.23 Å². The van der Waals surface area contributed by atoms with E-state index in [1.807, 2.05) is 0 Å². The molecule has 1 aromatic heterocycles. The van der Waals surface area contributed by atoms with Crippen molar-refractivity contribution in [1.82, 2.24) is 9.55 Å². The van der Waals surface area contributed by atoms with E-state index in [-0.39, 0.29) is 124 Å². The van der Waals surface area contributed by atoms with Gasteiger partial charge < -0.3 is 49.3 Å². The van der Waals surface area contributed by atoms with Crippen molar-refractivity contribution >= 4 is 40.0 Å². The van der Waals surface area contributed by atoms with Crippen LogP contribution in [0.3, 0.4) is 0 Å². The van der Waals surface area contributed by atoms with E-state index < -0.39 is 59.2 Å². The number of anilines is 1. The number of aromatic nitrogens is 2. The van der Waals surface area contributed by atoms with Gasteiger partial charge in [-0.1, -0.05) is 11.8 Å². The van der Waals surface area contributed by atoms with Crippen LogP contribution >= 0.6 is 22.4 Å². The Kier molecular flexibility index (Phi) is 20.4.